The third-order valence-corrected chi connectivity index (χ3v) is 5.14. The van der Waals surface area contributed by atoms with E-state index in [1.54, 1.807) is 19.5 Å². The standard InChI is InChI=1S/C20H21NO3/c1-23-18-7-6-14(16(22)12-13-8-10-21-11-9-13)19-15-4-2-3-5-17(15)24-20(18)19/h6-11,15,17H,2-5,12H2,1H3. The van der Waals surface area contributed by atoms with Gasteiger partial charge in [-0.15, -0.1) is 0 Å². The zero-order valence-corrected chi connectivity index (χ0v) is 13.8. The summed E-state index contributed by atoms with van der Waals surface area (Å²) in [7, 11) is 1.65. The van der Waals surface area contributed by atoms with E-state index in [1.165, 1.54) is 12.8 Å². The predicted octanol–water partition coefficient (Wildman–Crippen LogP) is 3.93. The van der Waals surface area contributed by atoms with Gasteiger partial charge in [0.05, 0.1) is 7.11 Å². The van der Waals surface area contributed by atoms with Gasteiger partial charge in [-0.25, -0.2) is 0 Å². The molecule has 4 nitrogen and oxygen atoms in total. The maximum Gasteiger partial charge on any atom is 0.167 e. The van der Waals surface area contributed by atoms with Crippen molar-refractivity contribution in [3.05, 3.63) is 53.3 Å². The molecule has 0 bridgehead atoms. The van der Waals surface area contributed by atoms with E-state index in [-0.39, 0.29) is 11.9 Å². The van der Waals surface area contributed by atoms with E-state index in [0.29, 0.717) is 12.3 Å². The highest BCUT2D eigenvalue weighted by Gasteiger charge is 2.40. The molecule has 0 N–H and O–H groups in total. The topological polar surface area (TPSA) is 48.4 Å². The summed E-state index contributed by atoms with van der Waals surface area (Å²) in [6.07, 6.45) is 8.55. The molecule has 2 atom stereocenters. The smallest absolute Gasteiger partial charge is 0.167 e. The minimum Gasteiger partial charge on any atom is -0.493 e. The number of rotatable bonds is 4. The first-order chi connectivity index (χ1) is 11.8. The van der Waals surface area contributed by atoms with E-state index in [2.05, 4.69) is 4.98 Å². The van der Waals surface area contributed by atoms with Crippen molar-refractivity contribution in [2.75, 3.05) is 7.11 Å². The Morgan fingerprint density at radius 1 is 1.21 bits per heavy atom. The van der Waals surface area contributed by atoms with Crippen LogP contribution in [-0.4, -0.2) is 24.0 Å². The molecule has 1 fully saturated rings. The van der Waals surface area contributed by atoms with Crippen LogP contribution in [0.1, 0.15) is 53.1 Å². The Kier molecular flexibility index (Phi) is 3.97. The number of carbonyl (C=O) groups is 1. The summed E-state index contributed by atoms with van der Waals surface area (Å²) >= 11 is 0. The van der Waals surface area contributed by atoms with Gasteiger partial charge in [-0.2, -0.15) is 0 Å². The van der Waals surface area contributed by atoms with E-state index in [0.717, 1.165) is 41.0 Å². The second-order valence-electron chi connectivity index (χ2n) is 6.56. The van der Waals surface area contributed by atoms with Crippen molar-refractivity contribution in [1.29, 1.82) is 0 Å². The fourth-order valence-electron chi connectivity index (χ4n) is 3.97. The van der Waals surface area contributed by atoms with Crippen molar-refractivity contribution in [1.82, 2.24) is 4.98 Å². The van der Waals surface area contributed by atoms with Gasteiger partial charge in [-0.1, -0.05) is 6.42 Å². The molecule has 1 aliphatic heterocycles. The molecule has 0 amide bonds. The molecule has 2 aliphatic rings. The third kappa shape index (κ3) is 2.56. The highest BCUT2D eigenvalue weighted by molar-refractivity contribution is 6.00. The van der Waals surface area contributed by atoms with Crippen LogP contribution in [0.5, 0.6) is 11.5 Å². The first kappa shape index (κ1) is 15.2. The van der Waals surface area contributed by atoms with E-state index in [9.17, 15) is 4.79 Å². The second-order valence-corrected chi connectivity index (χ2v) is 6.56. The molecule has 24 heavy (non-hydrogen) atoms. The summed E-state index contributed by atoms with van der Waals surface area (Å²) < 4.78 is 11.7. The summed E-state index contributed by atoms with van der Waals surface area (Å²) in [5.74, 6) is 1.98. The monoisotopic (exact) mass is 323 g/mol. The third-order valence-electron chi connectivity index (χ3n) is 5.14. The number of carbonyl (C=O) groups excluding carboxylic acids is 1. The quantitative estimate of drug-likeness (QED) is 0.800. The van der Waals surface area contributed by atoms with Gasteiger partial charge in [0.2, 0.25) is 0 Å². The molecule has 0 saturated heterocycles. The average molecular weight is 323 g/mol. The largest absolute Gasteiger partial charge is 0.493 e. The van der Waals surface area contributed by atoms with Crippen LogP contribution in [0.25, 0.3) is 0 Å². The first-order valence-electron chi connectivity index (χ1n) is 8.57. The van der Waals surface area contributed by atoms with Gasteiger partial charge in [0.25, 0.3) is 0 Å². The highest BCUT2D eigenvalue weighted by atomic mass is 16.5. The molecule has 0 spiro atoms. The molecule has 124 valence electrons. The lowest BCUT2D eigenvalue weighted by atomic mass is 9.80. The Morgan fingerprint density at radius 2 is 2.00 bits per heavy atom. The summed E-state index contributed by atoms with van der Waals surface area (Å²) in [6, 6.07) is 7.54. The van der Waals surface area contributed by atoms with Crippen molar-refractivity contribution in [2.45, 2.75) is 44.1 Å². The summed E-state index contributed by atoms with van der Waals surface area (Å²) in [5.41, 5.74) is 2.84. The Hall–Kier alpha value is -2.36. The van der Waals surface area contributed by atoms with E-state index in [1.807, 2.05) is 24.3 Å². The minimum atomic E-state index is 0.134. The Bertz CT molecular complexity index is 757. The van der Waals surface area contributed by atoms with Crippen LogP contribution in [0, 0.1) is 0 Å². The van der Waals surface area contributed by atoms with Gasteiger partial charge in [0.15, 0.2) is 17.3 Å². The zero-order chi connectivity index (χ0) is 16.5. The number of methoxy groups -OCH3 is 1. The van der Waals surface area contributed by atoms with E-state index < -0.39 is 0 Å². The van der Waals surface area contributed by atoms with Gasteiger partial charge in [-0.05, 0) is 49.1 Å². The molecule has 1 aromatic carbocycles. The van der Waals surface area contributed by atoms with Gasteiger partial charge in [-0.3, -0.25) is 9.78 Å². The molecule has 1 aliphatic carbocycles. The number of pyridine rings is 1. The normalized spacial score (nSPS) is 21.5. The average Bonchev–Trinajstić information content (AvgIpc) is 3.01. The van der Waals surface area contributed by atoms with E-state index >= 15 is 0 Å². The van der Waals surface area contributed by atoms with Gasteiger partial charge in [0.1, 0.15) is 6.10 Å². The summed E-state index contributed by atoms with van der Waals surface area (Å²) in [6.45, 7) is 0. The summed E-state index contributed by atoms with van der Waals surface area (Å²) in [4.78, 5) is 16.9. The number of benzene rings is 1. The molecule has 0 radical (unpaired) electrons. The Morgan fingerprint density at radius 3 is 2.79 bits per heavy atom. The molecular formula is C20H21NO3. The fourth-order valence-corrected chi connectivity index (χ4v) is 3.97. The van der Waals surface area contributed by atoms with E-state index in [4.69, 9.17) is 9.47 Å². The van der Waals surface area contributed by atoms with Crippen molar-refractivity contribution >= 4 is 5.78 Å². The zero-order valence-electron chi connectivity index (χ0n) is 13.8. The molecule has 1 saturated carbocycles. The highest BCUT2D eigenvalue weighted by Crippen LogP contribution is 2.51. The van der Waals surface area contributed by atoms with Crippen LogP contribution in [0.2, 0.25) is 0 Å². The molecule has 2 aromatic rings. The van der Waals surface area contributed by atoms with Crippen LogP contribution in [0.4, 0.5) is 0 Å². The van der Waals surface area contributed by atoms with Crippen LogP contribution in [0.3, 0.4) is 0 Å². The van der Waals surface area contributed by atoms with Gasteiger partial charge >= 0.3 is 0 Å². The predicted molar refractivity (Wildman–Crippen MR) is 90.9 cm³/mol. The van der Waals surface area contributed by atoms with Crippen molar-refractivity contribution in [3.63, 3.8) is 0 Å². The number of hydrogen-bond acceptors (Lipinski definition) is 4. The van der Waals surface area contributed by atoms with Crippen LogP contribution in [0.15, 0.2) is 36.7 Å². The van der Waals surface area contributed by atoms with Crippen molar-refractivity contribution in [3.8, 4) is 11.5 Å². The molecule has 2 unspecified atom stereocenters. The lowest BCUT2D eigenvalue weighted by molar-refractivity contribution is 0.0991. The molecule has 1 aromatic heterocycles. The number of Topliss-reactive ketones (excluding diaryl/α,β-unsaturated/α-hetero) is 1. The van der Waals surface area contributed by atoms with Crippen LogP contribution < -0.4 is 9.47 Å². The number of aromatic nitrogens is 1. The van der Waals surface area contributed by atoms with Crippen molar-refractivity contribution < 1.29 is 14.3 Å². The molecule has 4 heteroatoms. The number of nitrogens with zero attached hydrogens (tertiary/aromatic N) is 1. The number of fused-ring (bicyclic) bond motifs is 3. The molecular weight excluding hydrogens is 302 g/mol. The maximum absolute atomic E-state index is 12.9. The molecule has 4 rings (SSSR count). The number of hydrogen-bond donors (Lipinski definition) is 0. The van der Waals surface area contributed by atoms with Gasteiger partial charge < -0.3 is 9.47 Å². The summed E-state index contributed by atoms with van der Waals surface area (Å²) in [5, 5.41) is 0. The lowest BCUT2D eigenvalue weighted by Crippen LogP contribution is -2.23. The number of ketones is 1. The lowest BCUT2D eigenvalue weighted by Gasteiger charge is -2.24. The number of ether oxygens (including phenoxy) is 2. The van der Waals surface area contributed by atoms with Gasteiger partial charge in [0, 0.05) is 35.9 Å². The Labute approximate surface area is 141 Å². The van der Waals surface area contributed by atoms with Crippen LogP contribution >= 0.6 is 0 Å². The fraction of sp³-hybridized carbons (Fsp3) is 0.400. The SMILES string of the molecule is COc1ccc(C(=O)Cc2ccncc2)c2c1OC1CCCCC21. The minimum absolute atomic E-state index is 0.134. The Balaban J connectivity index is 1.72. The first-order valence-corrected chi connectivity index (χ1v) is 8.57. The maximum atomic E-state index is 12.9. The van der Waals surface area contributed by atoms with Crippen LogP contribution in [-0.2, 0) is 6.42 Å². The second kappa shape index (κ2) is 6.27. The van der Waals surface area contributed by atoms with Crippen molar-refractivity contribution in [2.24, 2.45) is 0 Å². The molecule has 2 heterocycles.